The Hall–Kier alpha value is -1.79. The van der Waals surface area contributed by atoms with Gasteiger partial charge in [-0.3, -0.25) is 9.59 Å². The van der Waals surface area contributed by atoms with Gasteiger partial charge >= 0.3 is 12.0 Å². The first-order valence-corrected chi connectivity index (χ1v) is 6.11. The average molecular weight is 257 g/mol. The number of hydrogen-bond acceptors (Lipinski definition) is 3. The molecule has 0 saturated heterocycles. The van der Waals surface area contributed by atoms with Crippen LogP contribution >= 0.6 is 0 Å². The standard InChI is InChI=1S/C11H19N3O4/c15-9(14-8-3-4-8)5-7-13-11(18)12-6-1-2-10(16)17/h8H,1-7H2,(H,14,15)(H,16,17)(H2,12,13,18). The lowest BCUT2D eigenvalue weighted by molar-refractivity contribution is -0.137. The molecule has 0 radical (unpaired) electrons. The van der Waals surface area contributed by atoms with Gasteiger partial charge in [0.05, 0.1) is 0 Å². The summed E-state index contributed by atoms with van der Waals surface area (Å²) in [6.45, 7) is 0.593. The zero-order chi connectivity index (χ0) is 13.4. The lowest BCUT2D eigenvalue weighted by atomic mass is 10.3. The largest absolute Gasteiger partial charge is 0.481 e. The molecule has 0 aliphatic heterocycles. The molecular formula is C11H19N3O4. The Bertz CT molecular complexity index is 315. The van der Waals surface area contributed by atoms with Crippen molar-refractivity contribution >= 4 is 17.9 Å². The maximum absolute atomic E-state index is 11.3. The molecule has 1 fully saturated rings. The van der Waals surface area contributed by atoms with E-state index >= 15 is 0 Å². The molecule has 1 saturated carbocycles. The monoisotopic (exact) mass is 257 g/mol. The molecule has 1 rings (SSSR count). The molecule has 1 aliphatic carbocycles. The fourth-order valence-electron chi connectivity index (χ4n) is 1.32. The van der Waals surface area contributed by atoms with Crippen LogP contribution in [-0.4, -0.2) is 42.1 Å². The van der Waals surface area contributed by atoms with Crippen molar-refractivity contribution in [3.63, 3.8) is 0 Å². The van der Waals surface area contributed by atoms with Crippen LogP contribution in [0.25, 0.3) is 0 Å². The van der Waals surface area contributed by atoms with Gasteiger partial charge < -0.3 is 21.1 Å². The third kappa shape index (κ3) is 7.48. The van der Waals surface area contributed by atoms with Crippen LogP contribution in [0.5, 0.6) is 0 Å². The van der Waals surface area contributed by atoms with Crippen molar-refractivity contribution in [1.29, 1.82) is 0 Å². The van der Waals surface area contributed by atoms with Crippen molar-refractivity contribution in [1.82, 2.24) is 16.0 Å². The third-order valence-corrected chi connectivity index (χ3v) is 2.43. The number of rotatable bonds is 8. The minimum Gasteiger partial charge on any atom is -0.481 e. The van der Waals surface area contributed by atoms with Crippen LogP contribution in [0.4, 0.5) is 4.79 Å². The average Bonchev–Trinajstić information content (AvgIpc) is 3.08. The van der Waals surface area contributed by atoms with Crippen molar-refractivity contribution in [2.45, 2.75) is 38.1 Å². The molecule has 0 unspecified atom stereocenters. The summed E-state index contributed by atoms with van der Waals surface area (Å²) in [6, 6.07) is -0.0399. The van der Waals surface area contributed by atoms with Crippen LogP contribution in [0.3, 0.4) is 0 Å². The first-order chi connectivity index (χ1) is 8.58. The zero-order valence-electron chi connectivity index (χ0n) is 10.2. The van der Waals surface area contributed by atoms with Crippen molar-refractivity contribution < 1.29 is 19.5 Å². The van der Waals surface area contributed by atoms with Crippen LogP contribution in [0.1, 0.15) is 32.1 Å². The van der Waals surface area contributed by atoms with E-state index in [1.54, 1.807) is 0 Å². The Morgan fingerprint density at radius 2 is 1.72 bits per heavy atom. The molecule has 0 atom stereocenters. The van der Waals surface area contributed by atoms with E-state index in [-0.39, 0.29) is 31.3 Å². The van der Waals surface area contributed by atoms with E-state index in [1.807, 2.05) is 0 Å². The Morgan fingerprint density at radius 1 is 1.06 bits per heavy atom. The molecule has 1 aliphatic rings. The lowest BCUT2D eigenvalue weighted by Gasteiger charge is -2.07. The summed E-state index contributed by atoms with van der Waals surface area (Å²) in [5.41, 5.74) is 0. The number of nitrogens with one attached hydrogen (secondary N) is 3. The third-order valence-electron chi connectivity index (χ3n) is 2.43. The molecule has 0 aromatic heterocycles. The highest BCUT2D eigenvalue weighted by atomic mass is 16.4. The van der Waals surface area contributed by atoms with Crippen LogP contribution in [-0.2, 0) is 9.59 Å². The van der Waals surface area contributed by atoms with Gasteiger partial charge in [0.15, 0.2) is 0 Å². The van der Waals surface area contributed by atoms with Gasteiger partial charge in [0.2, 0.25) is 5.91 Å². The number of aliphatic carboxylic acids is 1. The van der Waals surface area contributed by atoms with Gasteiger partial charge in [-0.25, -0.2) is 4.79 Å². The second-order valence-corrected chi connectivity index (χ2v) is 4.27. The Labute approximate surface area is 105 Å². The first-order valence-electron chi connectivity index (χ1n) is 6.11. The van der Waals surface area contributed by atoms with E-state index in [4.69, 9.17) is 5.11 Å². The second-order valence-electron chi connectivity index (χ2n) is 4.27. The summed E-state index contributed by atoms with van der Waals surface area (Å²) in [5, 5.41) is 16.3. The molecule has 0 aromatic carbocycles. The quantitative estimate of drug-likeness (QED) is 0.452. The van der Waals surface area contributed by atoms with Gasteiger partial charge in [-0.1, -0.05) is 0 Å². The van der Waals surface area contributed by atoms with E-state index in [0.29, 0.717) is 19.0 Å². The number of amides is 3. The summed E-state index contributed by atoms with van der Waals surface area (Å²) in [7, 11) is 0. The number of carboxylic acid groups (broad SMARTS) is 1. The van der Waals surface area contributed by atoms with Crippen LogP contribution in [0, 0.1) is 0 Å². The Kier molecular flexibility index (Phi) is 5.96. The van der Waals surface area contributed by atoms with Crippen molar-refractivity contribution in [2.24, 2.45) is 0 Å². The van der Waals surface area contributed by atoms with Gasteiger partial charge in [-0.05, 0) is 19.3 Å². The van der Waals surface area contributed by atoms with Gasteiger partial charge in [0, 0.05) is 32.0 Å². The zero-order valence-corrected chi connectivity index (χ0v) is 10.2. The highest BCUT2D eigenvalue weighted by molar-refractivity contribution is 5.78. The summed E-state index contributed by atoms with van der Waals surface area (Å²) < 4.78 is 0. The number of hydrogen-bond donors (Lipinski definition) is 4. The SMILES string of the molecule is O=C(O)CCCNC(=O)NCCC(=O)NC1CC1. The summed E-state index contributed by atoms with van der Waals surface area (Å²) >= 11 is 0. The van der Waals surface area contributed by atoms with Gasteiger partial charge in [-0.2, -0.15) is 0 Å². The van der Waals surface area contributed by atoms with E-state index in [1.165, 1.54) is 0 Å². The minimum absolute atomic E-state index is 0.0318. The topological polar surface area (TPSA) is 108 Å². The Morgan fingerprint density at radius 3 is 2.33 bits per heavy atom. The van der Waals surface area contributed by atoms with Crippen molar-refractivity contribution in [3.8, 4) is 0 Å². The van der Waals surface area contributed by atoms with Crippen molar-refractivity contribution in [2.75, 3.05) is 13.1 Å². The molecule has 7 heteroatoms. The molecule has 18 heavy (non-hydrogen) atoms. The predicted molar refractivity (Wildman–Crippen MR) is 64.1 cm³/mol. The van der Waals surface area contributed by atoms with Crippen LogP contribution < -0.4 is 16.0 Å². The van der Waals surface area contributed by atoms with E-state index < -0.39 is 5.97 Å². The van der Waals surface area contributed by atoms with E-state index in [0.717, 1.165) is 12.8 Å². The highest BCUT2D eigenvalue weighted by Gasteiger charge is 2.22. The fourth-order valence-corrected chi connectivity index (χ4v) is 1.32. The molecule has 3 amide bonds. The molecule has 0 aromatic rings. The predicted octanol–water partition coefficient (Wildman–Crippen LogP) is -0.181. The molecular weight excluding hydrogens is 238 g/mol. The van der Waals surface area contributed by atoms with E-state index in [2.05, 4.69) is 16.0 Å². The smallest absolute Gasteiger partial charge is 0.314 e. The molecule has 102 valence electrons. The number of carbonyl (C=O) groups excluding carboxylic acids is 2. The second kappa shape index (κ2) is 7.52. The maximum Gasteiger partial charge on any atom is 0.314 e. The molecule has 4 N–H and O–H groups in total. The Balaban J connectivity index is 1.92. The molecule has 0 bridgehead atoms. The molecule has 0 heterocycles. The summed E-state index contributed by atoms with van der Waals surface area (Å²) in [6.07, 6.45) is 2.78. The summed E-state index contributed by atoms with van der Waals surface area (Å²) in [5.74, 6) is -0.933. The highest BCUT2D eigenvalue weighted by Crippen LogP contribution is 2.18. The van der Waals surface area contributed by atoms with Crippen LogP contribution in [0.15, 0.2) is 0 Å². The van der Waals surface area contributed by atoms with Gasteiger partial charge in [0.1, 0.15) is 0 Å². The van der Waals surface area contributed by atoms with Crippen molar-refractivity contribution in [3.05, 3.63) is 0 Å². The molecule has 7 nitrogen and oxygen atoms in total. The van der Waals surface area contributed by atoms with Gasteiger partial charge in [0.25, 0.3) is 0 Å². The fraction of sp³-hybridized carbons (Fsp3) is 0.727. The maximum atomic E-state index is 11.3. The van der Waals surface area contributed by atoms with E-state index in [9.17, 15) is 14.4 Å². The minimum atomic E-state index is -0.881. The molecule has 0 spiro atoms. The number of carbonyl (C=O) groups is 3. The van der Waals surface area contributed by atoms with Crippen LogP contribution in [0.2, 0.25) is 0 Å². The lowest BCUT2D eigenvalue weighted by Crippen LogP contribution is -2.38. The normalized spacial score (nSPS) is 13.8. The number of carboxylic acids is 1. The summed E-state index contributed by atoms with van der Waals surface area (Å²) in [4.78, 5) is 32.7. The first kappa shape index (κ1) is 14.3. The van der Waals surface area contributed by atoms with Gasteiger partial charge in [-0.15, -0.1) is 0 Å². The number of urea groups is 1.